The molecule has 15 heavy (non-hydrogen) atoms. The molecule has 0 spiro atoms. The third kappa shape index (κ3) is 3.71. The maximum absolute atomic E-state index is 11.7. The molecule has 1 aliphatic rings. The third-order valence-electron chi connectivity index (χ3n) is 2.83. The zero-order valence-electron chi connectivity index (χ0n) is 9.44. The molecular weight excluding hydrogens is 214 g/mol. The topological polar surface area (TPSA) is 75.4 Å². The molecule has 0 aliphatic heterocycles. The quantitative estimate of drug-likeness (QED) is 0.647. The van der Waals surface area contributed by atoms with Crippen molar-refractivity contribution < 1.29 is 8.42 Å². The van der Waals surface area contributed by atoms with Crippen molar-refractivity contribution in [2.24, 2.45) is 11.7 Å². The number of rotatable bonds is 7. The van der Waals surface area contributed by atoms with Gasteiger partial charge in [0.1, 0.15) is 0 Å². The molecule has 1 fully saturated rings. The minimum absolute atomic E-state index is 0.153. The number of hydrogen-bond donors (Lipinski definition) is 2. The van der Waals surface area contributed by atoms with E-state index in [1.54, 1.807) is 7.05 Å². The van der Waals surface area contributed by atoms with E-state index in [2.05, 4.69) is 11.6 Å². The van der Waals surface area contributed by atoms with Gasteiger partial charge < -0.3 is 5.73 Å². The van der Waals surface area contributed by atoms with Crippen molar-refractivity contribution in [1.82, 2.24) is 9.03 Å². The van der Waals surface area contributed by atoms with E-state index in [-0.39, 0.29) is 6.04 Å². The molecule has 1 rings (SSSR count). The predicted molar refractivity (Wildman–Crippen MR) is 60.5 cm³/mol. The van der Waals surface area contributed by atoms with Crippen molar-refractivity contribution in [1.29, 1.82) is 0 Å². The summed E-state index contributed by atoms with van der Waals surface area (Å²) in [5.74, 6) is 0.530. The van der Waals surface area contributed by atoms with E-state index in [0.29, 0.717) is 25.4 Å². The molecule has 90 valence electrons. The summed E-state index contributed by atoms with van der Waals surface area (Å²) in [6.45, 7) is 3.08. The largest absolute Gasteiger partial charge is 0.330 e. The summed E-state index contributed by atoms with van der Waals surface area (Å²) in [7, 11) is -1.70. The third-order valence-corrected chi connectivity index (χ3v) is 4.44. The van der Waals surface area contributed by atoms with Gasteiger partial charge in [-0.15, -0.1) is 0 Å². The first-order valence-corrected chi connectivity index (χ1v) is 6.89. The Hall–Kier alpha value is -0.170. The summed E-state index contributed by atoms with van der Waals surface area (Å²) in [6.07, 6.45) is 2.71. The fourth-order valence-electron chi connectivity index (χ4n) is 1.56. The Morgan fingerprint density at radius 3 is 2.67 bits per heavy atom. The average Bonchev–Trinajstić information content (AvgIpc) is 2.91. The smallest absolute Gasteiger partial charge is 0.279 e. The summed E-state index contributed by atoms with van der Waals surface area (Å²) in [6, 6.07) is 0.153. The Kier molecular flexibility index (Phi) is 4.51. The second-order valence-electron chi connectivity index (χ2n) is 4.10. The predicted octanol–water partition coefficient (Wildman–Crippen LogP) is -0.100. The minimum atomic E-state index is -3.28. The summed E-state index contributed by atoms with van der Waals surface area (Å²) in [4.78, 5) is 0. The van der Waals surface area contributed by atoms with Crippen molar-refractivity contribution in [3.8, 4) is 0 Å². The fraction of sp³-hybridized carbons (Fsp3) is 1.00. The molecule has 0 radical (unpaired) electrons. The minimum Gasteiger partial charge on any atom is -0.330 e. The van der Waals surface area contributed by atoms with Crippen LogP contribution in [-0.4, -0.2) is 38.9 Å². The number of nitrogens with two attached hydrogens (primary N) is 1. The van der Waals surface area contributed by atoms with Gasteiger partial charge in [-0.2, -0.15) is 17.4 Å². The highest BCUT2D eigenvalue weighted by molar-refractivity contribution is 7.87. The Labute approximate surface area is 92.2 Å². The molecule has 0 bridgehead atoms. The van der Waals surface area contributed by atoms with Crippen LogP contribution >= 0.6 is 0 Å². The summed E-state index contributed by atoms with van der Waals surface area (Å²) >= 11 is 0. The van der Waals surface area contributed by atoms with E-state index in [1.165, 1.54) is 4.31 Å². The van der Waals surface area contributed by atoms with Crippen LogP contribution in [0.1, 0.15) is 26.2 Å². The van der Waals surface area contributed by atoms with Gasteiger partial charge >= 0.3 is 0 Å². The molecule has 6 heteroatoms. The van der Waals surface area contributed by atoms with E-state index in [4.69, 9.17) is 5.73 Å². The highest BCUT2D eigenvalue weighted by Gasteiger charge is 2.39. The van der Waals surface area contributed by atoms with Crippen molar-refractivity contribution >= 4 is 10.2 Å². The van der Waals surface area contributed by atoms with Crippen LogP contribution in [0, 0.1) is 5.92 Å². The molecule has 2 atom stereocenters. The van der Waals surface area contributed by atoms with E-state index >= 15 is 0 Å². The first-order valence-electron chi connectivity index (χ1n) is 5.45. The Morgan fingerprint density at radius 1 is 1.53 bits per heavy atom. The van der Waals surface area contributed by atoms with Crippen molar-refractivity contribution in [2.45, 2.75) is 32.2 Å². The summed E-state index contributed by atoms with van der Waals surface area (Å²) in [5, 5.41) is 0. The van der Waals surface area contributed by atoms with Gasteiger partial charge in [0.25, 0.3) is 10.2 Å². The first kappa shape index (κ1) is 12.9. The Morgan fingerprint density at radius 2 is 2.20 bits per heavy atom. The Balaban J connectivity index is 2.38. The maximum Gasteiger partial charge on any atom is 0.279 e. The molecule has 1 aliphatic carbocycles. The van der Waals surface area contributed by atoms with Crippen LogP contribution in [0.25, 0.3) is 0 Å². The first-order chi connectivity index (χ1) is 7.01. The van der Waals surface area contributed by atoms with Crippen LogP contribution in [0.4, 0.5) is 0 Å². The lowest BCUT2D eigenvalue weighted by Gasteiger charge is -2.17. The van der Waals surface area contributed by atoms with Gasteiger partial charge in [0.15, 0.2) is 0 Å². The lowest BCUT2D eigenvalue weighted by Crippen LogP contribution is -2.40. The van der Waals surface area contributed by atoms with E-state index < -0.39 is 10.2 Å². The normalized spacial score (nSPS) is 25.9. The average molecular weight is 235 g/mol. The molecule has 0 saturated heterocycles. The van der Waals surface area contributed by atoms with E-state index in [9.17, 15) is 8.42 Å². The number of hydrogen-bond acceptors (Lipinski definition) is 3. The number of nitrogens with zero attached hydrogens (tertiary/aromatic N) is 1. The van der Waals surface area contributed by atoms with Crippen LogP contribution in [0.5, 0.6) is 0 Å². The summed E-state index contributed by atoms with van der Waals surface area (Å²) in [5.41, 5.74) is 5.34. The molecule has 1 saturated carbocycles. The molecule has 3 N–H and O–H groups in total. The van der Waals surface area contributed by atoms with E-state index in [1.807, 2.05) is 0 Å². The number of nitrogens with one attached hydrogen (secondary N) is 1. The van der Waals surface area contributed by atoms with Gasteiger partial charge in [-0.3, -0.25) is 0 Å². The standard InChI is InChI=1S/C9H21N3O2S/c1-3-8-7-9(8)11-15(13,14)12(2)6-4-5-10/h8-9,11H,3-7,10H2,1-2H3. The zero-order valence-corrected chi connectivity index (χ0v) is 10.3. The fourth-order valence-corrected chi connectivity index (χ4v) is 2.78. The van der Waals surface area contributed by atoms with Crippen molar-refractivity contribution in [3.63, 3.8) is 0 Å². The van der Waals surface area contributed by atoms with Gasteiger partial charge in [-0.1, -0.05) is 13.3 Å². The highest BCUT2D eigenvalue weighted by atomic mass is 32.2. The van der Waals surface area contributed by atoms with Crippen molar-refractivity contribution in [3.05, 3.63) is 0 Å². The van der Waals surface area contributed by atoms with Gasteiger partial charge in [0, 0.05) is 19.6 Å². The maximum atomic E-state index is 11.7. The van der Waals surface area contributed by atoms with Crippen LogP contribution in [0.2, 0.25) is 0 Å². The molecule has 2 unspecified atom stereocenters. The van der Waals surface area contributed by atoms with E-state index in [0.717, 1.165) is 12.8 Å². The van der Waals surface area contributed by atoms with Gasteiger partial charge in [0.05, 0.1) is 0 Å². The van der Waals surface area contributed by atoms with Crippen LogP contribution in [0.3, 0.4) is 0 Å². The zero-order chi connectivity index (χ0) is 11.5. The van der Waals surface area contributed by atoms with Gasteiger partial charge in [-0.25, -0.2) is 0 Å². The lowest BCUT2D eigenvalue weighted by atomic mass is 10.3. The second-order valence-corrected chi connectivity index (χ2v) is 5.91. The molecule has 0 aromatic rings. The molecule has 0 amide bonds. The van der Waals surface area contributed by atoms with Crippen molar-refractivity contribution in [2.75, 3.05) is 20.1 Å². The van der Waals surface area contributed by atoms with Crippen LogP contribution < -0.4 is 10.5 Å². The Bertz CT molecular complexity index is 292. The second kappa shape index (κ2) is 5.25. The summed E-state index contributed by atoms with van der Waals surface area (Å²) < 4.78 is 27.5. The van der Waals surface area contributed by atoms with Crippen LogP contribution in [-0.2, 0) is 10.2 Å². The van der Waals surface area contributed by atoms with Gasteiger partial charge in [-0.05, 0) is 25.3 Å². The molecule has 0 aromatic heterocycles. The SMILES string of the molecule is CCC1CC1NS(=O)(=O)N(C)CCCN. The molecule has 0 aromatic carbocycles. The molecule has 5 nitrogen and oxygen atoms in total. The van der Waals surface area contributed by atoms with Gasteiger partial charge in [0.2, 0.25) is 0 Å². The molecular formula is C9H21N3O2S. The lowest BCUT2D eigenvalue weighted by molar-refractivity contribution is 0.450. The highest BCUT2D eigenvalue weighted by Crippen LogP contribution is 2.33. The molecule has 0 heterocycles. The van der Waals surface area contributed by atoms with Crippen LogP contribution in [0.15, 0.2) is 0 Å². The monoisotopic (exact) mass is 235 g/mol.